The number of carbonyl (C=O) groups is 4. The number of carbonyl (C=O) groups excluding carboxylic acids is 4. The van der Waals surface area contributed by atoms with Crippen molar-refractivity contribution < 1.29 is 19.2 Å². The molecule has 6 heteroatoms. The van der Waals surface area contributed by atoms with Gasteiger partial charge in [0.05, 0.1) is 6.67 Å². The maximum atomic E-state index is 11.1. The highest BCUT2D eigenvalue weighted by Gasteiger charge is 2.21. The van der Waals surface area contributed by atoms with E-state index in [9.17, 15) is 19.2 Å². The Kier molecular flexibility index (Phi) is 5.52. The highest BCUT2D eigenvalue weighted by molar-refractivity contribution is 6.04. The molecule has 0 aromatic rings. The zero-order valence-corrected chi connectivity index (χ0v) is 9.86. The van der Waals surface area contributed by atoms with Crippen LogP contribution in [0.3, 0.4) is 0 Å². The van der Waals surface area contributed by atoms with Crippen LogP contribution in [-0.2, 0) is 19.2 Å². The summed E-state index contributed by atoms with van der Waals surface area (Å²) in [5.74, 6) is -1.57. The van der Waals surface area contributed by atoms with Crippen molar-refractivity contribution in [1.82, 2.24) is 10.2 Å². The lowest BCUT2D eigenvalue weighted by atomic mass is 10.1. The molecule has 16 heavy (non-hydrogen) atoms. The minimum atomic E-state index is -0.971. The van der Waals surface area contributed by atoms with Crippen molar-refractivity contribution in [2.75, 3.05) is 6.67 Å². The van der Waals surface area contributed by atoms with Gasteiger partial charge in [-0.2, -0.15) is 0 Å². The fourth-order valence-corrected chi connectivity index (χ4v) is 1.20. The van der Waals surface area contributed by atoms with E-state index in [0.717, 1.165) is 4.90 Å². The van der Waals surface area contributed by atoms with Crippen LogP contribution in [0.25, 0.3) is 0 Å². The van der Waals surface area contributed by atoms with Crippen LogP contribution in [0.15, 0.2) is 0 Å². The van der Waals surface area contributed by atoms with Gasteiger partial charge in [0.1, 0.15) is 6.04 Å². The van der Waals surface area contributed by atoms with Crippen molar-refractivity contribution in [3.05, 3.63) is 0 Å². The Bertz CT molecular complexity index is 265. The van der Waals surface area contributed by atoms with Gasteiger partial charge in [-0.25, -0.2) is 0 Å². The lowest BCUT2D eigenvalue weighted by molar-refractivity contribution is -0.143. The molecule has 2 amide bonds. The molecule has 0 aromatic carbocycles. The first-order chi connectivity index (χ1) is 7.27. The van der Waals surface area contributed by atoms with E-state index in [0.29, 0.717) is 0 Å². The molecular weight excluding hydrogens is 212 g/mol. The number of hydrogen-bond donors (Lipinski definition) is 1. The van der Waals surface area contributed by atoms with E-state index in [2.05, 4.69) is 5.32 Å². The average molecular weight is 228 g/mol. The van der Waals surface area contributed by atoms with E-state index in [1.54, 1.807) is 0 Å². The molecule has 0 spiro atoms. The summed E-state index contributed by atoms with van der Waals surface area (Å²) in [4.78, 5) is 45.1. The van der Waals surface area contributed by atoms with Crippen molar-refractivity contribution in [3.8, 4) is 0 Å². The number of imide groups is 1. The largest absolute Gasteiger partial charge is 0.298 e. The van der Waals surface area contributed by atoms with E-state index in [-0.39, 0.29) is 18.2 Å². The SMILES string of the molecule is CC(=O)C(NCN(C(C)=O)C(C)=O)C(C)=O. The molecule has 0 heterocycles. The Morgan fingerprint density at radius 2 is 1.31 bits per heavy atom. The summed E-state index contributed by atoms with van der Waals surface area (Å²) in [6.45, 7) is 4.86. The number of ketones is 2. The first kappa shape index (κ1) is 14.4. The number of nitrogens with zero attached hydrogens (tertiary/aromatic N) is 1. The van der Waals surface area contributed by atoms with Crippen LogP contribution in [-0.4, -0.2) is 41.0 Å². The molecule has 0 radical (unpaired) electrons. The van der Waals surface area contributed by atoms with Crippen LogP contribution in [0.1, 0.15) is 27.7 Å². The van der Waals surface area contributed by atoms with Crippen molar-refractivity contribution in [1.29, 1.82) is 0 Å². The summed E-state index contributed by atoms with van der Waals surface area (Å²) < 4.78 is 0. The van der Waals surface area contributed by atoms with Crippen molar-refractivity contribution in [2.45, 2.75) is 33.7 Å². The molecule has 0 bridgehead atoms. The van der Waals surface area contributed by atoms with E-state index < -0.39 is 17.9 Å². The number of amides is 2. The van der Waals surface area contributed by atoms with Gasteiger partial charge in [0.15, 0.2) is 11.6 Å². The number of rotatable bonds is 5. The molecule has 0 aliphatic rings. The summed E-state index contributed by atoms with van der Waals surface area (Å²) in [5, 5.41) is 2.57. The Hall–Kier alpha value is -1.56. The van der Waals surface area contributed by atoms with E-state index >= 15 is 0 Å². The van der Waals surface area contributed by atoms with Gasteiger partial charge in [0.2, 0.25) is 11.8 Å². The fourth-order valence-electron chi connectivity index (χ4n) is 1.20. The van der Waals surface area contributed by atoms with Crippen molar-refractivity contribution in [2.24, 2.45) is 0 Å². The number of nitrogens with one attached hydrogen (secondary N) is 1. The molecule has 6 nitrogen and oxygen atoms in total. The average Bonchev–Trinajstić information content (AvgIpc) is 2.09. The predicted octanol–water partition coefficient (Wildman–Crippen LogP) is -0.525. The lowest BCUT2D eigenvalue weighted by Gasteiger charge is -2.20. The zero-order chi connectivity index (χ0) is 12.9. The molecule has 0 rings (SSSR count). The number of Topliss-reactive ketones (excluding diaryl/α,β-unsaturated/α-hetero) is 2. The number of hydrogen-bond acceptors (Lipinski definition) is 5. The smallest absolute Gasteiger partial charge is 0.227 e. The Labute approximate surface area is 94.0 Å². The minimum absolute atomic E-state index is 0.144. The molecule has 0 atom stereocenters. The highest BCUT2D eigenvalue weighted by Crippen LogP contribution is 1.93. The summed E-state index contributed by atoms with van der Waals surface area (Å²) >= 11 is 0. The zero-order valence-electron chi connectivity index (χ0n) is 9.86. The molecular formula is C10H16N2O4. The van der Waals surface area contributed by atoms with Gasteiger partial charge < -0.3 is 0 Å². The lowest BCUT2D eigenvalue weighted by Crippen LogP contribution is -2.49. The Morgan fingerprint density at radius 3 is 1.56 bits per heavy atom. The fraction of sp³-hybridized carbons (Fsp3) is 0.600. The normalized spacial score (nSPS) is 10.1. The molecule has 0 saturated heterocycles. The Morgan fingerprint density at radius 1 is 0.938 bits per heavy atom. The molecule has 0 unspecified atom stereocenters. The summed E-state index contributed by atoms with van der Waals surface area (Å²) in [5.41, 5.74) is 0. The third-order valence-electron chi connectivity index (χ3n) is 2.03. The second-order valence-electron chi connectivity index (χ2n) is 3.48. The molecule has 1 N–H and O–H groups in total. The first-order valence-electron chi connectivity index (χ1n) is 4.80. The molecule has 0 saturated carbocycles. The molecule has 0 fully saturated rings. The van der Waals surface area contributed by atoms with Gasteiger partial charge >= 0.3 is 0 Å². The standard InChI is InChI=1S/C10H16N2O4/c1-6(13)10(7(2)14)11-5-12(8(3)15)9(4)16/h10-11H,5H2,1-4H3. The van der Waals surface area contributed by atoms with E-state index in [1.807, 2.05) is 0 Å². The van der Waals surface area contributed by atoms with E-state index in [1.165, 1.54) is 27.7 Å². The summed E-state index contributed by atoms with van der Waals surface area (Å²) in [6, 6.07) is -0.971. The molecule has 90 valence electrons. The van der Waals surface area contributed by atoms with Gasteiger partial charge in [0.25, 0.3) is 0 Å². The van der Waals surface area contributed by atoms with Gasteiger partial charge in [-0.15, -0.1) is 0 Å². The van der Waals surface area contributed by atoms with Crippen molar-refractivity contribution >= 4 is 23.4 Å². The van der Waals surface area contributed by atoms with Gasteiger partial charge in [-0.1, -0.05) is 0 Å². The second kappa shape index (κ2) is 6.12. The van der Waals surface area contributed by atoms with Crippen LogP contribution in [0, 0.1) is 0 Å². The maximum Gasteiger partial charge on any atom is 0.227 e. The summed E-state index contributed by atoms with van der Waals surface area (Å²) in [7, 11) is 0. The third-order valence-corrected chi connectivity index (χ3v) is 2.03. The van der Waals surface area contributed by atoms with Crippen LogP contribution < -0.4 is 5.32 Å². The van der Waals surface area contributed by atoms with Crippen LogP contribution >= 0.6 is 0 Å². The third kappa shape index (κ3) is 4.31. The Balaban J connectivity index is 4.50. The quantitative estimate of drug-likeness (QED) is 0.505. The highest BCUT2D eigenvalue weighted by atomic mass is 16.2. The van der Waals surface area contributed by atoms with Crippen LogP contribution in [0.2, 0.25) is 0 Å². The topological polar surface area (TPSA) is 83.6 Å². The van der Waals surface area contributed by atoms with Gasteiger partial charge in [-0.05, 0) is 13.8 Å². The predicted molar refractivity (Wildman–Crippen MR) is 56.4 cm³/mol. The molecule has 0 aliphatic heterocycles. The summed E-state index contributed by atoms with van der Waals surface area (Å²) in [6.07, 6.45) is 0. The minimum Gasteiger partial charge on any atom is -0.298 e. The van der Waals surface area contributed by atoms with Crippen LogP contribution in [0.5, 0.6) is 0 Å². The van der Waals surface area contributed by atoms with Gasteiger partial charge in [-0.3, -0.25) is 29.4 Å². The maximum absolute atomic E-state index is 11.1. The van der Waals surface area contributed by atoms with Gasteiger partial charge in [0, 0.05) is 13.8 Å². The van der Waals surface area contributed by atoms with Crippen LogP contribution in [0.4, 0.5) is 0 Å². The van der Waals surface area contributed by atoms with Crippen molar-refractivity contribution in [3.63, 3.8) is 0 Å². The second-order valence-corrected chi connectivity index (χ2v) is 3.48. The monoisotopic (exact) mass is 228 g/mol. The first-order valence-corrected chi connectivity index (χ1v) is 4.80. The molecule has 0 aromatic heterocycles. The van der Waals surface area contributed by atoms with E-state index in [4.69, 9.17) is 0 Å². The molecule has 0 aliphatic carbocycles.